The van der Waals surface area contributed by atoms with E-state index in [-0.39, 0.29) is 0 Å². The highest BCUT2D eigenvalue weighted by Crippen LogP contribution is 2.40. The number of hydrogen-bond acceptors (Lipinski definition) is 3. The SMILES string of the molecule is c1ccc(-c2nc3c(o2)c(-c2ccc(-c4ccc(N(c5ccccc5)c5ccc(-c6ccc7ccccc7c6)cc5)cc4)cc2)cc2ccccc23)cc1. The molecule has 0 aliphatic carbocycles. The first-order chi connectivity index (χ1) is 26.7. The molecule has 3 heteroatoms. The van der Waals surface area contributed by atoms with E-state index in [1.807, 2.05) is 30.3 Å². The van der Waals surface area contributed by atoms with E-state index >= 15 is 0 Å². The number of nitrogens with zero attached hydrogens (tertiary/aromatic N) is 2. The number of anilines is 3. The molecule has 0 fully saturated rings. The average molecular weight is 691 g/mol. The lowest BCUT2D eigenvalue weighted by Crippen LogP contribution is -2.09. The quantitative estimate of drug-likeness (QED) is 0.167. The average Bonchev–Trinajstić information content (AvgIpc) is 3.71. The third kappa shape index (κ3) is 5.78. The molecule has 10 aromatic rings. The van der Waals surface area contributed by atoms with Crippen molar-refractivity contribution in [1.29, 1.82) is 0 Å². The molecule has 0 aliphatic heterocycles. The molecule has 0 spiro atoms. The van der Waals surface area contributed by atoms with Gasteiger partial charge in [-0.3, -0.25) is 0 Å². The van der Waals surface area contributed by atoms with Crippen molar-refractivity contribution in [2.75, 3.05) is 4.90 Å². The lowest BCUT2D eigenvalue weighted by atomic mass is 9.97. The molecule has 0 N–H and O–H groups in total. The molecule has 54 heavy (non-hydrogen) atoms. The van der Waals surface area contributed by atoms with Gasteiger partial charge in [-0.15, -0.1) is 0 Å². The molecule has 0 amide bonds. The first-order valence-electron chi connectivity index (χ1n) is 18.3. The number of aromatic nitrogens is 1. The molecule has 0 radical (unpaired) electrons. The van der Waals surface area contributed by atoms with E-state index in [2.05, 4.69) is 181 Å². The second-order valence-corrected chi connectivity index (χ2v) is 13.6. The summed E-state index contributed by atoms with van der Waals surface area (Å²) in [6.45, 7) is 0. The van der Waals surface area contributed by atoms with Crippen LogP contribution in [-0.4, -0.2) is 4.98 Å². The lowest BCUT2D eigenvalue weighted by Gasteiger charge is -2.26. The number of oxazole rings is 1. The van der Waals surface area contributed by atoms with Crippen LogP contribution in [0, 0.1) is 0 Å². The molecule has 9 aromatic carbocycles. The number of rotatable bonds is 7. The molecule has 0 saturated heterocycles. The van der Waals surface area contributed by atoms with Crippen LogP contribution < -0.4 is 4.90 Å². The van der Waals surface area contributed by atoms with Gasteiger partial charge in [0.25, 0.3) is 0 Å². The van der Waals surface area contributed by atoms with Crippen molar-refractivity contribution in [2.45, 2.75) is 0 Å². The summed E-state index contributed by atoms with van der Waals surface area (Å²) < 4.78 is 6.50. The molecule has 0 aliphatic rings. The van der Waals surface area contributed by atoms with Crippen molar-refractivity contribution in [1.82, 2.24) is 4.98 Å². The molecule has 3 nitrogen and oxygen atoms in total. The van der Waals surface area contributed by atoms with Gasteiger partial charge in [-0.05, 0) is 105 Å². The molecule has 0 atom stereocenters. The van der Waals surface area contributed by atoms with Crippen molar-refractivity contribution < 1.29 is 4.42 Å². The Balaban J connectivity index is 0.964. The summed E-state index contributed by atoms with van der Waals surface area (Å²) in [6, 6.07) is 72.9. The Morgan fingerprint density at radius 2 is 0.852 bits per heavy atom. The zero-order chi connectivity index (χ0) is 35.8. The van der Waals surface area contributed by atoms with Crippen molar-refractivity contribution in [3.63, 3.8) is 0 Å². The van der Waals surface area contributed by atoms with Crippen LogP contribution in [0.2, 0.25) is 0 Å². The first kappa shape index (κ1) is 31.5. The van der Waals surface area contributed by atoms with Gasteiger partial charge in [-0.25, -0.2) is 4.98 Å². The summed E-state index contributed by atoms with van der Waals surface area (Å²) in [5.41, 5.74) is 12.8. The number of fused-ring (bicyclic) bond motifs is 4. The van der Waals surface area contributed by atoms with Crippen LogP contribution in [0.15, 0.2) is 211 Å². The molecule has 0 unspecified atom stereocenters. The smallest absolute Gasteiger partial charge is 0.227 e. The summed E-state index contributed by atoms with van der Waals surface area (Å²) in [7, 11) is 0. The van der Waals surface area contributed by atoms with E-state index in [9.17, 15) is 0 Å². The standard InChI is InChI=1S/C51H34N2O/c1-3-12-40(13-4-1)51-52-49-47-18-10-9-15-43(47)34-48(50(49)54-51)39-22-19-36(20-23-39)37-25-29-45(30-26-37)53(44-16-5-2-6-17-44)46-31-27-38(28-32-46)42-24-21-35-11-7-8-14-41(35)33-42/h1-34H. The zero-order valence-corrected chi connectivity index (χ0v) is 29.4. The Hall–Kier alpha value is -7.23. The van der Waals surface area contributed by atoms with Crippen LogP contribution in [-0.2, 0) is 0 Å². The molecule has 0 saturated carbocycles. The van der Waals surface area contributed by atoms with Crippen LogP contribution in [0.4, 0.5) is 17.1 Å². The summed E-state index contributed by atoms with van der Waals surface area (Å²) in [5, 5.41) is 4.73. The van der Waals surface area contributed by atoms with E-state index in [0.717, 1.165) is 66.8 Å². The van der Waals surface area contributed by atoms with E-state index in [0.29, 0.717) is 5.89 Å². The minimum Gasteiger partial charge on any atom is -0.435 e. The Bertz CT molecular complexity index is 2900. The van der Waals surface area contributed by atoms with Gasteiger partial charge in [0.15, 0.2) is 5.58 Å². The van der Waals surface area contributed by atoms with Crippen LogP contribution in [0.25, 0.3) is 77.5 Å². The number of para-hydroxylation sites is 1. The fraction of sp³-hybridized carbons (Fsp3) is 0. The normalized spacial score (nSPS) is 11.3. The minimum absolute atomic E-state index is 0.630. The van der Waals surface area contributed by atoms with E-state index < -0.39 is 0 Å². The summed E-state index contributed by atoms with van der Waals surface area (Å²) in [6.07, 6.45) is 0. The Morgan fingerprint density at radius 3 is 1.54 bits per heavy atom. The van der Waals surface area contributed by atoms with Crippen LogP contribution >= 0.6 is 0 Å². The summed E-state index contributed by atoms with van der Waals surface area (Å²) in [4.78, 5) is 7.29. The second kappa shape index (κ2) is 13.4. The highest BCUT2D eigenvalue weighted by molar-refractivity contribution is 6.10. The molecule has 10 rings (SSSR count). The van der Waals surface area contributed by atoms with E-state index in [1.54, 1.807) is 0 Å². The van der Waals surface area contributed by atoms with E-state index in [1.165, 1.54) is 21.9 Å². The van der Waals surface area contributed by atoms with Gasteiger partial charge < -0.3 is 9.32 Å². The van der Waals surface area contributed by atoms with Gasteiger partial charge in [0.1, 0.15) is 5.52 Å². The number of hydrogen-bond donors (Lipinski definition) is 0. The lowest BCUT2D eigenvalue weighted by molar-refractivity contribution is 0.621. The number of benzene rings is 9. The van der Waals surface area contributed by atoms with Gasteiger partial charge >= 0.3 is 0 Å². The first-order valence-corrected chi connectivity index (χ1v) is 18.3. The van der Waals surface area contributed by atoms with Gasteiger partial charge in [-0.2, -0.15) is 0 Å². The highest BCUT2D eigenvalue weighted by atomic mass is 16.3. The molecule has 1 aromatic heterocycles. The summed E-state index contributed by atoms with van der Waals surface area (Å²) in [5.74, 6) is 0.630. The maximum Gasteiger partial charge on any atom is 0.227 e. The van der Waals surface area contributed by atoms with E-state index in [4.69, 9.17) is 9.40 Å². The maximum absolute atomic E-state index is 6.50. The Morgan fingerprint density at radius 1 is 0.352 bits per heavy atom. The summed E-state index contributed by atoms with van der Waals surface area (Å²) >= 11 is 0. The van der Waals surface area contributed by atoms with Crippen molar-refractivity contribution in [2.24, 2.45) is 0 Å². The molecule has 0 bridgehead atoms. The fourth-order valence-corrected chi connectivity index (χ4v) is 7.50. The monoisotopic (exact) mass is 690 g/mol. The third-order valence-electron chi connectivity index (χ3n) is 10.3. The topological polar surface area (TPSA) is 29.3 Å². The predicted octanol–water partition coefficient (Wildman–Crippen LogP) is 14.3. The second-order valence-electron chi connectivity index (χ2n) is 13.6. The van der Waals surface area contributed by atoms with Crippen molar-refractivity contribution in [3.05, 3.63) is 206 Å². The Labute approximate surface area is 314 Å². The van der Waals surface area contributed by atoms with Crippen LogP contribution in [0.3, 0.4) is 0 Å². The zero-order valence-electron chi connectivity index (χ0n) is 29.4. The van der Waals surface area contributed by atoms with Crippen molar-refractivity contribution in [3.8, 4) is 44.8 Å². The van der Waals surface area contributed by atoms with Crippen LogP contribution in [0.5, 0.6) is 0 Å². The van der Waals surface area contributed by atoms with Gasteiger partial charge in [0.05, 0.1) is 0 Å². The van der Waals surface area contributed by atoms with Gasteiger partial charge in [0.2, 0.25) is 5.89 Å². The fourth-order valence-electron chi connectivity index (χ4n) is 7.50. The molecular formula is C51H34N2O. The third-order valence-corrected chi connectivity index (χ3v) is 10.3. The van der Waals surface area contributed by atoms with Gasteiger partial charge in [0, 0.05) is 33.6 Å². The maximum atomic E-state index is 6.50. The predicted molar refractivity (Wildman–Crippen MR) is 225 cm³/mol. The Kier molecular flexibility index (Phi) is 7.81. The van der Waals surface area contributed by atoms with Crippen molar-refractivity contribution >= 4 is 49.7 Å². The van der Waals surface area contributed by atoms with Gasteiger partial charge in [-0.1, -0.05) is 146 Å². The largest absolute Gasteiger partial charge is 0.435 e. The molecule has 1 heterocycles. The highest BCUT2D eigenvalue weighted by Gasteiger charge is 2.17. The molecule has 254 valence electrons. The molecular weight excluding hydrogens is 657 g/mol. The minimum atomic E-state index is 0.630. The van der Waals surface area contributed by atoms with Crippen LogP contribution in [0.1, 0.15) is 0 Å².